The molecular formula is C12H14F3N. The number of alkyl halides is 3. The largest absolute Gasteiger partial charge is 0.416 e. The van der Waals surface area contributed by atoms with Crippen LogP contribution in [0.25, 0.3) is 0 Å². The van der Waals surface area contributed by atoms with Crippen LogP contribution in [-0.4, -0.2) is 6.04 Å². The smallest absolute Gasteiger partial charge is 0.328 e. The number of hydrogen-bond donors (Lipinski definition) is 1. The first-order chi connectivity index (χ1) is 7.47. The van der Waals surface area contributed by atoms with Gasteiger partial charge in [0.1, 0.15) is 0 Å². The molecule has 0 aliphatic heterocycles. The van der Waals surface area contributed by atoms with E-state index in [1.807, 2.05) is 0 Å². The van der Waals surface area contributed by atoms with Gasteiger partial charge < -0.3 is 5.73 Å². The molecule has 0 saturated heterocycles. The molecule has 0 spiro atoms. The Morgan fingerprint density at radius 1 is 1.06 bits per heavy atom. The molecule has 0 saturated carbocycles. The maximum absolute atomic E-state index is 12.5. The molecule has 1 atom stereocenters. The van der Waals surface area contributed by atoms with Gasteiger partial charge in [-0.2, -0.15) is 13.2 Å². The summed E-state index contributed by atoms with van der Waals surface area (Å²) in [7, 11) is 0. The number of rotatable bonds is 0. The van der Waals surface area contributed by atoms with Gasteiger partial charge in [-0.15, -0.1) is 0 Å². The summed E-state index contributed by atoms with van der Waals surface area (Å²) >= 11 is 0. The van der Waals surface area contributed by atoms with E-state index in [0.717, 1.165) is 36.5 Å². The van der Waals surface area contributed by atoms with Gasteiger partial charge in [-0.3, -0.25) is 0 Å². The normalized spacial score (nSPS) is 21.4. The van der Waals surface area contributed by atoms with Crippen molar-refractivity contribution in [1.82, 2.24) is 0 Å². The van der Waals surface area contributed by atoms with E-state index in [9.17, 15) is 13.2 Å². The molecule has 2 N–H and O–H groups in total. The SMILES string of the molecule is NC1CCc2ccc(C(F)(F)F)cc2CC1. The third kappa shape index (κ3) is 2.38. The predicted octanol–water partition coefficient (Wildman–Crippen LogP) is 2.91. The van der Waals surface area contributed by atoms with Crippen molar-refractivity contribution in [3.05, 3.63) is 34.9 Å². The van der Waals surface area contributed by atoms with E-state index < -0.39 is 11.7 Å². The molecule has 0 amide bonds. The summed E-state index contributed by atoms with van der Waals surface area (Å²) in [4.78, 5) is 0. The summed E-state index contributed by atoms with van der Waals surface area (Å²) in [6.45, 7) is 0. The number of halogens is 3. The van der Waals surface area contributed by atoms with E-state index in [2.05, 4.69) is 0 Å². The van der Waals surface area contributed by atoms with Crippen LogP contribution in [0.3, 0.4) is 0 Å². The fourth-order valence-electron chi connectivity index (χ4n) is 2.10. The van der Waals surface area contributed by atoms with E-state index in [0.29, 0.717) is 6.42 Å². The second-order valence-corrected chi connectivity index (χ2v) is 4.32. The molecular weight excluding hydrogens is 215 g/mol. The van der Waals surface area contributed by atoms with Crippen molar-refractivity contribution in [2.75, 3.05) is 0 Å². The lowest BCUT2D eigenvalue weighted by atomic mass is 10.00. The molecule has 16 heavy (non-hydrogen) atoms. The van der Waals surface area contributed by atoms with Crippen LogP contribution in [0.1, 0.15) is 29.5 Å². The van der Waals surface area contributed by atoms with Gasteiger partial charge in [-0.1, -0.05) is 6.07 Å². The van der Waals surface area contributed by atoms with E-state index in [-0.39, 0.29) is 6.04 Å². The van der Waals surface area contributed by atoms with Crippen molar-refractivity contribution in [3.63, 3.8) is 0 Å². The van der Waals surface area contributed by atoms with Crippen LogP contribution in [0, 0.1) is 0 Å². The Morgan fingerprint density at radius 3 is 2.31 bits per heavy atom. The van der Waals surface area contributed by atoms with E-state index in [1.54, 1.807) is 6.07 Å². The maximum Gasteiger partial charge on any atom is 0.416 e. The number of nitrogens with two attached hydrogens (primary N) is 1. The van der Waals surface area contributed by atoms with Crippen LogP contribution in [0.15, 0.2) is 18.2 Å². The molecule has 0 bridgehead atoms. The fraction of sp³-hybridized carbons (Fsp3) is 0.500. The van der Waals surface area contributed by atoms with Crippen molar-refractivity contribution in [2.24, 2.45) is 5.73 Å². The Bertz CT molecular complexity index is 384. The molecule has 1 aromatic carbocycles. The van der Waals surface area contributed by atoms with Crippen molar-refractivity contribution >= 4 is 0 Å². The summed E-state index contributed by atoms with van der Waals surface area (Å²) in [5, 5.41) is 0. The molecule has 88 valence electrons. The first-order valence-electron chi connectivity index (χ1n) is 5.41. The van der Waals surface area contributed by atoms with Crippen molar-refractivity contribution in [2.45, 2.75) is 37.9 Å². The van der Waals surface area contributed by atoms with Gasteiger partial charge >= 0.3 is 6.18 Å². The summed E-state index contributed by atoms with van der Waals surface area (Å²) in [5.74, 6) is 0. The van der Waals surface area contributed by atoms with Crippen molar-refractivity contribution in [3.8, 4) is 0 Å². The van der Waals surface area contributed by atoms with Crippen LogP contribution >= 0.6 is 0 Å². The van der Waals surface area contributed by atoms with Crippen molar-refractivity contribution in [1.29, 1.82) is 0 Å². The van der Waals surface area contributed by atoms with Crippen LogP contribution in [-0.2, 0) is 19.0 Å². The summed E-state index contributed by atoms with van der Waals surface area (Å²) < 4.78 is 37.5. The van der Waals surface area contributed by atoms with Crippen molar-refractivity contribution < 1.29 is 13.2 Å². The summed E-state index contributed by atoms with van der Waals surface area (Å²) in [5.41, 5.74) is 7.08. The second-order valence-electron chi connectivity index (χ2n) is 4.32. The zero-order chi connectivity index (χ0) is 11.8. The molecule has 1 aromatic rings. The molecule has 1 nitrogen and oxygen atoms in total. The second kappa shape index (κ2) is 4.09. The Kier molecular flexibility index (Phi) is 2.93. The topological polar surface area (TPSA) is 26.0 Å². The average Bonchev–Trinajstić information content (AvgIpc) is 2.39. The molecule has 1 aliphatic rings. The molecule has 1 aliphatic carbocycles. The average molecular weight is 229 g/mol. The Labute approximate surface area is 92.5 Å². The highest BCUT2D eigenvalue weighted by Crippen LogP contribution is 2.32. The zero-order valence-corrected chi connectivity index (χ0v) is 8.85. The van der Waals surface area contributed by atoms with E-state index in [4.69, 9.17) is 5.73 Å². The van der Waals surface area contributed by atoms with Gasteiger partial charge in [-0.25, -0.2) is 0 Å². The van der Waals surface area contributed by atoms with Crippen LogP contribution in [0.5, 0.6) is 0 Å². The zero-order valence-electron chi connectivity index (χ0n) is 8.85. The fourth-order valence-corrected chi connectivity index (χ4v) is 2.10. The highest BCUT2D eigenvalue weighted by molar-refractivity contribution is 5.34. The number of fused-ring (bicyclic) bond motifs is 1. The van der Waals surface area contributed by atoms with Gasteiger partial charge in [0, 0.05) is 6.04 Å². The Hall–Kier alpha value is -1.03. The van der Waals surface area contributed by atoms with Crippen LogP contribution in [0.4, 0.5) is 13.2 Å². The van der Waals surface area contributed by atoms with Gasteiger partial charge in [0.2, 0.25) is 0 Å². The molecule has 0 aromatic heterocycles. The third-order valence-corrected chi connectivity index (χ3v) is 3.10. The minimum absolute atomic E-state index is 0.113. The minimum Gasteiger partial charge on any atom is -0.328 e. The number of aryl methyl sites for hydroxylation is 2. The lowest BCUT2D eigenvalue weighted by Gasteiger charge is -2.11. The highest BCUT2D eigenvalue weighted by Gasteiger charge is 2.31. The molecule has 0 radical (unpaired) electrons. The molecule has 0 fully saturated rings. The lowest BCUT2D eigenvalue weighted by Crippen LogP contribution is -2.19. The van der Waals surface area contributed by atoms with E-state index in [1.165, 1.54) is 6.07 Å². The number of benzene rings is 1. The predicted molar refractivity (Wildman–Crippen MR) is 56.1 cm³/mol. The number of hydrogen-bond acceptors (Lipinski definition) is 1. The molecule has 4 heteroatoms. The Morgan fingerprint density at radius 2 is 1.69 bits per heavy atom. The van der Waals surface area contributed by atoms with Gasteiger partial charge in [0.15, 0.2) is 0 Å². The monoisotopic (exact) mass is 229 g/mol. The first kappa shape index (κ1) is 11.5. The Balaban J connectivity index is 2.32. The van der Waals surface area contributed by atoms with Crippen LogP contribution < -0.4 is 5.73 Å². The van der Waals surface area contributed by atoms with E-state index >= 15 is 0 Å². The van der Waals surface area contributed by atoms with Gasteiger partial charge in [0.25, 0.3) is 0 Å². The minimum atomic E-state index is -4.25. The quantitative estimate of drug-likeness (QED) is 0.680. The molecule has 2 rings (SSSR count). The first-order valence-corrected chi connectivity index (χ1v) is 5.41. The third-order valence-electron chi connectivity index (χ3n) is 3.10. The highest BCUT2D eigenvalue weighted by atomic mass is 19.4. The maximum atomic E-state index is 12.5. The summed E-state index contributed by atoms with van der Waals surface area (Å²) in [6.07, 6.45) is -1.18. The standard InChI is InChI=1S/C12H14F3N/c13-12(14,15)10-4-1-8-2-5-11(16)6-3-9(8)7-10/h1,4,7,11H,2-3,5-6,16H2. The summed E-state index contributed by atoms with van der Waals surface area (Å²) in [6, 6.07) is 4.14. The van der Waals surface area contributed by atoms with Crippen LogP contribution in [0.2, 0.25) is 0 Å². The lowest BCUT2D eigenvalue weighted by molar-refractivity contribution is -0.137. The van der Waals surface area contributed by atoms with Gasteiger partial charge in [-0.05, 0) is 48.9 Å². The molecule has 1 unspecified atom stereocenters. The van der Waals surface area contributed by atoms with Gasteiger partial charge in [0.05, 0.1) is 5.56 Å². The molecule has 0 heterocycles.